The lowest BCUT2D eigenvalue weighted by Gasteiger charge is -2.36. The SMILES string of the molecule is Clc1ccc2c(CCCN3CCN(c4ccccc4OC4=CC=C5OCCC5O4)CC3)c[nH]c2c1. The van der Waals surface area contributed by atoms with E-state index < -0.39 is 0 Å². The van der Waals surface area contributed by atoms with Crippen LogP contribution in [-0.4, -0.2) is 55.3 Å². The summed E-state index contributed by atoms with van der Waals surface area (Å²) >= 11 is 6.11. The lowest BCUT2D eigenvalue weighted by Crippen LogP contribution is -2.46. The number of allylic oxidation sites excluding steroid dienone is 2. The predicted octanol–water partition coefficient (Wildman–Crippen LogP) is 5.50. The van der Waals surface area contributed by atoms with Gasteiger partial charge in [-0.15, -0.1) is 0 Å². The molecule has 1 unspecified atom stereocenters. The largest absolute Gasteiger partial charge is 0.494 e. The third-order valence-electron chi connectivity index (χ3n) is 7.05. The highest BCUT2D eigenvalue weighted by molar-refractivity contribution is 6.31. The van der Waals surface area contributed by atoms with Gasteiger partial charge < -0.3 is 24.1 Å². The number of aromatic amines is 1. The molecule has 1 N–H and O–H groups in total. The number of aromatic nitrogens is 1. The fourth-order valence-corrected chi connectivity index (χ4v) is 5.34. The van der Waals surface area contributed by atoms with E-state index in [-0.39, 0.29) is 6.10 Å². The highest BCUT2D eigenvalue weighted by atomic mass is 35.5. The minimum Gasteiger partial charge on any atom is -0.494 e. The average molecular weight is 492 g/mol. The molecule has 3 aromatic rings. The van der Waals surface area contributed by atoms with E-state index in [1.807, 2.05) is 36.4 Å². The normalized spacial score (nSPS) is 20.1. The third-order valence-corrected chi connectivity index (χ3v) is 7.28. The summed E-state index contributed by atoms with van der Waals surface area (Å²) in [4.78, 5) is 8.32. The Morgan fingerprint density at radius 3 is 2.86 bits per heavy atom. The zero-order valence-corrected chi connectivity index (χ0v) is 20.5. The fourth-order valence-electron chi connectivity index (χ4n) is 5.16. The second-order valence-electron chi connectivity index (χ2n) is 9.30. The molecule has 0 saturated carbocycles. The molecule has 1 aromatic heterocycles. The Kier molecular flexibility index (Phi) is 6.32. The van der Waals surface area contributed by atoms with Crippen molar-refractivity contribution in [3.05, 3.63) is 83.1 Å². The summed E-state index contributed by atoms with van der Waals surface area (Å²) in [5, 5.41) is 2.05. The van der Waals surface area contributed by atoms with Crippen LogP contribution in [0.25, 0.3) is 10.9 Å². The summed E-state index contributed by atoms with van der Waals surface area (Å²) in [6.45, 7) is 5.85. The number of anilines is 1. The number of H-pyrrole nitrogens is 1. The van der Waals surface area contributed by atoms with Crippen LogP contribution in [0, 0.1) is 0 Å². The Morgan fingerprint density at radius 1 is 1.06 bits per heavy atom. The molecule has 6 nitrogen and oxygen atoms in total. The maximum absolute atomic E-state index is 6.20. The fraction of sp³-hybridized carbons (Fsp3) is 0.357. The number of ether oxygens (including phenoxy) is 3. The van der Waals surface area contributed by atoms with Crippen molar-refractivity contribution in [2.24, 2.45) is 0 Å². The van der Waals surface area contributed by atoms with E-state index in [9.17, 15) is 0 Å². The number of hydrogen-bond donors (Lipinski definition) is 1. The lowest BCUT2D eigenvalue weighted by molar-refractivity contribution is 0.0551. The molecular formula is C28H30ClN3O3. The number of nitrogens with zero attached hydrogens (tertiary/aromatic N) is 2. The van der Waals surface area contributed by atoms with Crippen molar-refractivity contribution in [2.75, 3.05) is 44.2 Å². The van der Waals surface area contributed by atoms with Gasteiger partial charge in [0.25, 0.3) is 5.95 Å². The number of benzene rings is 2. The van der Waals surface area contributed by atoms with Crippen LogP contribution in [0.1, 0.15) is 18.4 Å². The van der Waals surface area contributed by atoms with Crippen molar-refractivity contribution >= 4 is 28.2 Å². The molecule has 0 aliphatic carbocycles. The van der Waals surface area contributed by atoms with Crippen molar-refractivity contribution in [3.8, 4) is 5.75 Å². The van der Waals surface area contributed by atoms with Crippen LogP contribution in [0.5, 0.6) is 5.75 Å². The Bertz CT molecular complexity index is 1260. The molecule has 0 amide bonds. The first-order chi connectivity index (χ1) is 17.2. The van der Waals surface area contributed by atoms with Gasteiger partial charge in [-0.1, -0.05) is 29.8 Å². The van der Waals surface area contributed by atoms with Crippen LogP contribution in [0.15, 0.2) is 72.5 Å². The average Bonchev–Trinajstić information content (AvgIpc) is 3.51. The van der Waals surface area contributed by atoms with Gasteiger partial charge in [-0.25, -0.2) is 0 Å². The number of aryl methyl sites for hydroxylation is 1. The standard InChI is InChI=1S/C28H30ClN3O3/c29-21-7-8-22-20(19-30-23(22)18-21)4-3-12-31-13-15-32(16-14-31)24-5-1-2-6-25(24)34-28-10-9-26-27(35-28)11-17-33-26/h1-2,5-10,18-19,27,30H,3-4,11-17H2. The van der Waals surface area contributed by atoms with Crippen LogP contribution in [0.3, 0.4) is 0 Å². The quantitative estimate of drug-likeness (QED) is 0.473. The van der Waals surface area contributed by atoms with Gasteiger partial charge >= 0.3 is 0 Å². The van der Waals surface area contributed by atoms with Crippen molar-refractivity contribution in [1.82, 2.24) is 9.88 Å². The number of halogens is 1. The van der Waals surface area contributed by atoms with Crippen molar-refractivity contribution in [2.45, 2.75) is 25.4 Å². The molecule has 1 atom stereocenters. The highest BCUT2D eigenvalue weighted by Gasteiger charge is 2.29. The highest BCUT2D eigenvalue weighted by Crippen LogP contribution is 2.33. The molecule has 3 aliphatic rings. The summed E-state index contributed by atoms with van der Waals surface area (Å²) in [6, 6.07) is 14.3. The topological polar surface area (TPSA) is 50.0 Å². The molecular weight excluding hydrogens is 462 g/mol. The van der Waals surface area contributed by atoms with E-state index in [2.05, 4.69) is 39.2 Å². The van der Waals surface area contributed by atoms with Gasteiger partial charge in [0, 0.05) is 60.8 Å². The first kappa shape index (κ1) is 22.4. The first-order valence-electron chi connectivity index (χ1n) is 12.4. The van der Waals surface area contributed by atoms with Crippen molar-refractivity contribution in [1.29, 1.82) is 0 Å². The molecule has 4 heterocycles. The summed E-state index contributed by atoms with van der Waals surface area (Å²) in [7, 11) is 0. The molecule has 3 aliphatic heterocycles. The van der Waals surface area contributed by atoms with E-state index >= 15 is 0 Å². The number of piperazine rings is 1. The number of nitrogens with one attached hydrogen (secondary N) is 1. The number of fused-ring (bicyclic) bond motifs is 2. The van der Waals surface area contributed by atoms with Crippen LogP contribution < -0.4 is 9.64 Å². The molecule has 2 saturated heterocycles. The van der Waals surface area contributed by atoms with E-state index in [4.69, 9.17) is 25.8 Å². The molecule has 2 fully saturated rings. The van der Waals surface area contributed by atoms with E-state index in [0.29, 0.717) is 12.6 Å². The summed E-state index contributed by atoms with van der Waals surface area (Å²) < 4.78 is 17.8. The van der Waals surface area contributed by atoms with Gasteiger partial charge in [0.15, 0.2) is 11.9 Å². The van der Waals surface area contributed by atoms with Gasteiger partial charge in [0.05, 0.1) is 12.3 Å². The predicted molar refractivity (Wildman–Crippen MR) is 139 cm³/mol. The van der Waals surface area contributed by atoms with Crippen LogP contribution in [-0.2, 0) is 15.9 Å². The van der Waals surface area contributed by atoms with Crippen molar-refractivity contribution in [3.63, 3.8) is 0 Å². The van der Waals surface area contributed by atoms with Crippen LogP contribution >= 0.6 is 11.6 Å². The van der Waals surface area contributed by atoms with E-state index in [0.717, 1.165) is 79.7 Å². The minimum absolute atomic E-state index is 0.0206. The molecule has 0 radical (unpaired) electrons. The smallest absolute Gasteiger partial charge is 0.285 e. The Balaban J connectivity index is 1.02. The second kappa shape index (κ2) is 9.88. The molecule has 7 heteroatoms. The molecule has 182 valence electrons. The summed E-state index contributed by atoms with van der Waals surface area (Å²) in [5.74, 6) is 2.27. The number of hydrogen-bond acceptors (Lipinski definition) is 5. The van der Waals surface area contributed by atoms with Gasteiger partial charge in [-0.05, 0) is 55.3 Å². The molecule has 35 heavy (non-hydrogen) atoms. The summed E-state index contributed by atoms with van der Waals surface area (Å²) in [6.07, 6.45) is 8.99. The van der Waals surface area contributed by atoms with Gasteiger partial charge in [-0.2, -0.15) is 0 Å². The second-order valence-corrected chi connectivity index (χ2v) is 9.74. The van der Waals surface area contributed by atoms with E-state index in [1.54, 1.807) is 0 Å². The third kappa shape index (κ3) is 4.86. The maximum atomic E-state index is 6.20. The van der Waals surface area contributed by atoms with Crippen LogP contribution in [0.4, 0.5) is 5.69 Å². The van der Waals surface area contributed by atoms with Crippen molar-refractivity contribution < 1.29 is 14.2 Å². The minimum atomic E-state index is -0.0206. The maximum Gasteiger partial charge on any atom is 0.285 e. The molecule has 0 spiro atoms. The Hall–Kier alpha value is -3.09. The van der Waals surface area contributed by atoms with Gasteiger partial charge in [-0.3, -0.25) is 4.90 Å². The van der Waals surface area contributed by atoms with E-state index in [1.165, 1.54) is 10.9 Å². The molecule has 2 aromatic carbocycles. The Labute approximate surface area is 210 Å². The zero-order valence-electron chi connectivity index (χ0n) is 19.7. The Morgan fingerprint density at radius 2 is 1.94 bits per heavy atom. The zero-order chi connectivity index (χ0) is 23.6. The number of para-hydroxylation sites is 2. The van der Waals surface area contributed by atoms with Gasteiger partial charge in [0.1, 0.15) is 5.76 Å². The van der Waals surface area contributed by atoms with Crippen LogP contribution in [0.2, 0.25) is 5.02 Å². The lowest BCUT2D eigenvalue weighted by atomic mass is 10.1. The first-order valence-corrected chi connectivity index (χ1v) is 12.8. The monoisotopic (exact) mass is 491 g/mol. The molecule has 0 bridgehead atoms. The number of rotatable bonds is 7. The molecule has 6 rings (SSSR count). The van der Waals surface area contributed by atoms with Gasteiger partial charge in [0.2, 0.25) is 0 Å². The summed E-state index contributed by atoms with van der Waals surface area (Å²) in [5.41, 5.74) is 3.60.